The molecule has 4 aromatic carbocycles. The molecule has 0 atom stereocenters. The first-order valence-electron chi connectivity index (χ1n) is 18.4. The minimum atomic E-state index is -1.37. The number of rotatable bonds is 6. The second-order valence-corrected chi connectivity index (χ2v) is 22.6. The zero-order chi connectivity index (χ0) is 37.3. The molecule has 0 aliphatic rings. The Labute approximate surface area is 331 Å². The molecular formula is C48H52IrN2OSi-2. The van der Waals surface area contributed by atoms with Crippen molar-refractivity contribution in [1.82, 2.24) is 9.97 Å². The van der Waals surface area contributed by atoms with Gasteiger partial charge in [-0.3, -0.25) is 0 Å². The zero-order valence-corrected chi connectivity index (χ0v) is 36.3. The summed E-state index contributed by atoms with van der Waals surface area (Å²) in [6.45, 7) is 23.0. The van der Waals surface area contributed by atoms with Crippen LogP contribution in [0.4, 0.5) is 0 Å². The second kappa shape index (κ2) is 16.1. The van der Waals surface area contributed by atoms with E-state index >= 15 is 0 Å². The van der Waals surface area contributed by atoms with Crippen molar-refractivity contribution < 1.29 is 24.5 Å². The van der Waals surface area contributed by atoms with Gasteiger partial charge in [0.15, 0.2) is 0 Å². The maximum absolute atomic E-state index is 6.39. The van der Waals surface area contributed by atoms with Crippen LogP contribution in [0.15, 0.2) is 114 Å². The fourth-order valence-electron chi connectivity index (χ4n) is 6.78. The van der Waals surface area contributed by atoms with Crippen molar-refractivity contribution in [3.63, 3.8) is 0 Å². The molecule has 0 saturated carbocycles. The van der Waals surface area contributed by atoms with Crippen molar-refractivity contribution in [3.05, 3.63) is 138 Å². The molecule has 3 nitrogen and oxygen atoms in total. The van der Waals surface area contributed by atoms with Crippen molar-refractivity contribution >= 4 is 35.2 Å². The van der Waals surface area contributed by atoms with Crippen LogP contribution in [0.1, 0.15) is 58.2 Å². The Hall–Kier alpha value is -4.15. The number of aryl methyl sites for hydroxylation is 1. The van der Waals surface area contributed by atoms with Gasteiger partial charge in [0.1, 0.15) is 5.58 Å². The van der Waals surface area contributed by atoms with Crippen molar-refractivity contribution in [2.75, 3.05) is 0 Å². The number of fused-ring (bicyclic) bond motifs is 3. The van der Waals surface area contributed by atoms with Gasteiger partial charge in [0.2, 0.25) is 0 Å². The van der Waals surface area contributed by atoms with E-state index in [1.165, 1.54) is 27.4 Å². The van der Waals surface area contributed by atoms with Crippen molar-refractivity contribution in [1.29, 1.82) is 0 Å². The van der Waals surface area contributed by atoms with Crippen molar-refractivity contribution in [2.24, 2.45) is 10.8 Å². The van der Waals surface area contributed by atoms with E-state index in [9.17, 15) is 0 Å². The number of nitrogens with zero attached hydrogens (tertiary/aromatic N) is 2. The van der Waals surface area contributed by atoms with E-state index in [1.807, 2.05) is 30.5 Å². The first-order valence-corrected chi connectivity index (χ1v) is 21.9. The van der Waals surface area contributed by atoms with Gasteiger partial charge < -0.3 is 14.4 Å². The third-order valence-electron chi connectivity index (χ3n) is 9.14. The van der Waals surface area contributed by atoms with Gasteiger partial charge in [0.25, 0.3) is 0 Å². The molecule has 0 amide bonds. The molecule has 7 aromatic rings. The average molecular weight is 893 g/mol. The van der Waals surface area contributed by atoms with E-state index in [0.29, 0.717) is 0 Å². The number of hydrogen-bond acceptors (Lipinski definition) is 3. The number of benzene rings is 4. The fraction of sp³-hybridized carbons (Fsp3) is 0.292. The van der Waals surface area contributed by atoms with Crippen LogP contribution in [0, 0.1) is 29.9 Å². The first-order chi connectivity index (χ1) is 24.5. The van der Waals surface area contributed by atoms with Gasteiger partial charge in [-0.2, -0.15) is 0 Å². The van der Waals surface area contributed by atoms with Gasteiger partial charge in [0.05, 0.1) is 13.7 Å². The fourth-order valence-corrected chi connectivity index (χ4v) is 8.36. The molecule has 0 spiro atoms. The van der Waals surface area contributed by atoms with E-state index in [4.69, 9.17) is 9.40 Å². The minimum absolute atomic E-state index is 0. The molecule has 0 saturated heterocycles. The molecule has 7 rings (SSSR count). The maximum atomic E-state index is 6.39. The normalized spacial score (nSPS) is 12.0. The molecule has 0 bridgehead atoms. The van der Waals surface area contributed by atoms with Crippen LogP contribution in [0.25, 0.3) is 55.6 Å². The average Bonchev–Trinajstić information content (AvgIpc) is 3.46. The van der Waals surface area contributed by atoms with Crippen LogP contribution >= 0.6 is 0 Å². The van der Waals surface area contributed by atoms with Gasteiger partial charge in [-0.25, -0.2) is 0 Å². The van der Waals surface area contributed by atoms with E-state index in [2.05, 4.69) is 164 Å². The first kappa shape index (κ1) is 40.0. The summed E-state index contributed by atoms with van der Waals surface area (Å²) >= 11 is 0. The Morgan fingerprint density at radius 1 is 0.679 bits per heavy atom. The second-order valence-electron chi connectivity index (χ2n) is 17.6. The van der Waals surface area contributed by atoms with Crippen molar-refractivity contribution in [2.45, 2.75) is 80.9 Å². The molecule has 0 N–H and O–H groups in total. The Morgan fingerprint density at radius 3 is 2.06 bits per heavy atom. The van der Waals surface area contributed by atoms with Crippen LogP contribution in [0.3, 0.4) is 0 Å². The summed E-state index contributed by atoms with van der Waals surface area (Å²) in [6.07, 6.45) is 6.10. The minimum Gasteiger partial charge on any atom is -0.501 e. The summed E-state index contributed by atoms with van der Waals surface area (Å²) in [7, 11) is -1.37. The molecule has 3 heterocycles. The quantitative estimate of drug-likeness (QED) is 0.123. The third-order valence-corrected chi connectivity index (χ3v) is 11.2. The molecule has 0 fully saturated rings. The molecule has 1 radical (unpaired) electrons. The predicted molar refractivity (Wildman–Crippen MR) is 224 cm³/mol. The van der Waals surface area contributed by atoms with Crippen LogP contribution in [0.5, 0.6) is 0 Å². The summed E-state index contributed by atoms with van der Waals surface area (Å²) in [4.78, 5) is 9.35. The smallest absolute Gasteiger partial charge is 0.121 e. The van der Waals surface area contributed by atoms with Gasteiger partial charge >= 0.3 is 0 Å². The molecule has 3 aromatic heterocycles. The Balaban J connectivity index is 0.000000216. The number of aromatic nitrogens is 2. The molecule has 0 unspecified atom stereocenters. The zero-order valence-electron chi connectivity index (χ0n) is 32.9. The summed E-state index contributed by atoms with van der Waals surface area (Å²) in [5.74, 6) is 0. The van der Waals surface area contributed by atoms with Gasteiger partial charge in [-0.15, -0.1) is 54.1 Å². The predicted octanol–water partition coefficient (Wildman–Crippen LogP) is 12.7. The van der Waals surface area contributed by atoms with Crippen LogP contribution in [0.2, 0.25) is 19.6 Å². The molecule has 53 heavy (non-hydrogen) atoms. The van der Waals surface area contributed by atoms with Crippen LogP contribution < -0.4 is 5.19 Å². The van der Waals surface area contributed by atoms with E-state index in [0.717, 1.165) is 62.9 Å². The molecule has 275 valence electrons. The summed E-state index contributed by atoms with van der Waals surface area (Å²) in [6, 6.07) is 40.4. The molecule has 0 aliphatic heterocycles. The summed E-state index contributed by atoms with van der Waals surface area (Å²) in [5, 5.41) is 3.70. The number of pyridine rings is 2. The molecule has 5 heteroatoms. The van der Waals surface area contributed by atoms with Crippen LogP contribution in [-0.2, 0) is 32.9 Å². The third kappa shape index (κ3) is 10.1. The Morgan fingerprint density at radius 2 is 1.40 bits per heavy atom. The van der Waals surface area contributed by atoms with E-state index in [-0.39, 0.29) is 30.9 Å². The molecule has 0 aliphatic carbocycles. The Bertz CT molecular complexity index is 2300. The van der Waals surface area contributed by atoms with E-state index < -0.39 is 8.07 Å². The Kier molecular flexibility index (Phi) is 12.1. The summed E-state index contributed by atoms with van der Waals surface area (Å²) in [5.41, 5.74) is 12.5. The van der Waals surface area contributed by atoms with Gasteiger partial charge in [-0.1, -0.05) is 137 Å². The molecular weight excluding hydrogens is 841 g/mol. The van der Waals surface area contributed by atoms with Gasteiger partial charge in [0, 0.05) is 37.9 Å². The van der Waals surface area contributed by atoms with Gasteiger partial charge in [-0.05, 0) is 70.4 Å². The van der Waals surface area contributed by atoms with E-state index in [1.54, 1.807) is 0 Å². The standard InChI is InChI=1S/C29H26NO.C19H26NSi.Ir/c1-19-8-10-21(11-9-19)22-12-13-23-24-6-5-7-25(28(24)31-27(23)17-22)26-16-20(14-15-30-26)18-29(2,3)4;1-19(2,3)13-16-12-17(15-10-8-7-9-11-15)20-14-18(16)21(4,5)6;/h5-6,8-17H,18H2,1-4H3;7-10,12,14H,13H2,1-6H3;/q2*-1;. The maximum Gasteiger partial charge on any atom is 0.121 e. The summed E-state index contributed by atoms with van der Waals surface area (Å²) < 4.78 is 6.39. The number of furan rings is 1. The monoisotopic (exact) mass is 893 g/mol. The topological polar surface area (TPSA) is 38.9 Å². The largest absolute Gasteiger partial charge is 0.501 e. The van der Waals surface area contributed by atoms with Crippen molar-refractivity contribution in [3.8, 4) is 33.6 Å². The SMILES string of the molecule is CC(C)(C)Cc1cc(-c2[c-]cccc2)ncc1[Si](C)(C)C.Cc1ccc(-c2ccc3c(c2)oc2c(-c4cc(CC(C)(C)C)ccn4)[c-]ccc23)cc1.[Ir]. The van der Waals surface area contributed by atoms with Crippen LogP contribution in [-0.4, -0.2) is 18.0 Å². The number of hydrogen-bond donors (Lipinski definition) is 0.